The van der Waals surface area contributed by atoms with E-state index in [1.165, 1.54) is 25.3 Å². The van der Waals surface area contributed by atoms with Crippen LogP contribution in [0.5, 0.6) is 0 Å². The van der Waals surface area contributed by atoms with Crippen molar-refractivity contribution in [3.63, 3.8) is 0 Å². The van der Waals surface area contributed by atoms with Gasteiger partial charge in [0.15, 0.2) is 0 Å². The first-order valence-corrected chi connectivity index (χ1v) is 3.35. The second-order valence-corrected chi connectivity index (χ2v) is 2.31. The molecule has 0 fully saturated rings. The normalized spacial score (nSPS) is 22.7. The maximum atomic E-state index is 12.3. The average molecular weight is 156 g/mol. The highest BCUT2D eigenvalue weighted by atomic mass is 19.1. The lowest BCUT2D eigenvalue weighted by atomic mass is 10.0. The molecule has 0 spiro atoms. The van der Waals surface area contributed by atoms with Crippen LogP contribution < -0.4 is 0 Å². The highest BCUT2D eigenvalue weighted by Gasteiger charge is 2.16. The van der Waals surface area contributed by atoms with Crippen LogP contribution in [-0.2, 0) is 9.53 Å². The van der Waals surface area contributed by atoms with Crippen LogP contribution in [0.3, 0.4) is 0 Å². The van der Waals surface area contributed by atoms with Crippen molar-refractivity contribution in [2.45, 2.75) is 6.42 Å². The fourth-order valence-electron chi connectivity index (χ4n) is 0.920. The number of rotatable bonds is 1. The SMILES string of the molecule is COC(=O)C1C=CC(F)=CC1. The van der Waals surface area contributed by atoms with Crippen molar-refractivity contribution in [2.24, 2.45) is 5.92 Å². The standard InChI is InChI=1S/C8H9FO2/c1-11-8(10)6-2-4-7(9)5-3-6/h2,4-6H,3H2,1H3. The minimum Gasteiger partial charge on any atom is -0.469 e. The number of hydrogen-bond acceptors (Lipinski definition) is 2. The predicted molar refractivity (Wildman–Crippen MR) is 38.5 cm³/mol. The van der Waals surface area contributed by atoms with Gasteiger partial charge in [0.05, 0.1) is 13.0 Å². The van der Waals surface area contributed by atoms with Gasteiger partial charge in [0, 0.05) is 0 Å². The van der Waals surface area contributed by atoms with Gasteiger partial charge in [0.1, 0.15) is 5.83 Å². The third kappa shape index (κ3) is 1.90. The van der Waals surface area contributed by atoms with Gasteiger partial charge in [-0.3, -0.25) is 4.79 Å². The fraction of sp³-hybridized carbons (Fsp3) is 0.375. The van der Waals surface area contributed by atoms with E-state index in [-0.39, 0.29) is 17.7 Å². The zero-order valence-electron chi connectivity index (χ0n) is 6.21. The molecule has 1 aliphatic carbocycles. The molecule has 2 nitrogen and oxygen atoms in total. The highest BCUT2D eigenvalue weighted by Crippen LogP contribution is 2.17. The zero-order valence-corrected chi connectivity index (χ0v) is 6.21. The van der Waals surface area contributed by atoms with Crippen LogP contribution in [0, 0.1) is 5.92 Å². The zero-order chi connectivity index (χ0) is 8.27. The van der Waals surface area contributed by atoms with Crippen LogP contribution in [0.1, 0.15) is 6.42 Å². The Morgan fingerprint density at radius 2 is 2.55 bits per heavy atom. The minimum absolute atomic E-state index is 0.287. The van der Waals surface area contributed by atoms with Crippen LogP contribution in [0.4, 0.5) is 4.39 Å². The summed E-state index contributed by atoms with van der Waals surface area (Å²) < 4.78 is 16.8. The molecule has 1 rings (SSSR count). The predicted octanol–water partition coefficient (Wildman–Crippen LogP) is 1.59. The molecule has 0 bridgehead atoms. The van der Waals surface area contributed by atoms with Gasteiger partial charge in [-0.1, -0.05) is 6.08 Å². The third-order valence-electron chi connectivity index (χ3n) is 1.56. The van der Waals surface area contributed by atoms with E-state index in [1.807, 2.05) is 0 Å². The van der Waals surface area contributed by atoms with Gasteiger partial charge in [-0.2, -0.15) is 0 Å². The summed E-state index contributed by atoms with van der Waals surface area (Å²) in [5.41, 5.74) is 0. The second-order valence-electron chi connectivity index (χ2n) is 2.31. The van der Waals surface area contributed by atoms with E-state index in [0.717, 1.165) is 0 Å². The quantitative estimate of drug-likeness (QED) is 0.539. The largest absolute Gasteiger partial charge is 0.469 e. The average Bonchev–Trinajstić information content (AvgIpc) is 2.05. The summed E-state index contributed by atoms with van der Waals surface area (Å²) in [6.45, 7) is 0. The third-order valence-corrected chi connectivity index (χ3v) is 1.56. The Balaban J connectivity index is 2.55. The summed E-state index contributed by atoms with van der Waals surface area (Å²) in [4.78, 5) is 10.8. The van der Waals surface area contributed by atoms with Crippen molar-refractivity contribution >= 4 is 5.97 Å². The molecular formula is C8H9FO2. The van der Waals surface area contributed by atoms with E-state index in [2.05, 4.69) is 4.74 Å². The van der Waals surface area contributed by atoms with Crippen LogP contribution in [0.2, 0.25) is 0 Å². The van der Waals surface area contributed by atoms with Crippen molar-refractivity contribution in [2.75, 3.05) is 7.11 Å². The number of esters is 1. The molecule has 0 saturated carbocycles. The second kappa shape index (κ2) is 3.32. The Bertz CT molecular complexity index is 218. The first kappa shape index (κ1) is 7.98. The van der Waals surface area contributed by atoms with Crippen molar-refractivity contribution in [3.8, 4) is 0 Å². The Labute approximate surface area is 64.3 Å². The van der Waals surface area contributed by atoms with Gasteiger partial charge in [-0.05, 0) is 18.6 Å². The molecule has 3 heteroatoms. The number of hydrogen-bond donors (Lipinski definition) is 0. The summed E-state index contributed by atoms with van der Waals surface area (Å²) in [7, 11) is 1.32. The molecule has 60 valence electrons. The first-order chi connectivity index (χ1) is 5.24. The molecule has 0 aromatic carbocycles. The lowest BCUT2D eigenvalue weighted by molar-refractivity contribution is -0.143. The van der Waals surface area contributed by atoms with Gasteiger partial charge in [-0.15, -0.1) is 0 Å². The summed E-state index contributed by atoms with van der Waals surface area (Å²) in [6, 6.07) is 0. The van der Waals surface area contributed by atoms with Crippen LogP contribution in [-0.4, -0.2) is 13.1 Å². The molecular weight excluding hydrogens is 147 g/mol. The number of halogens is 1. The highest BCUT2D eigenvalue weighted by molar-refractivity contribution is 5.75. The molecule has 0 aliphatic heterocycles. The molecule has 1 aliphatic rings. The van der Waals surface area contributed by atoms with E-state index < -0.39 is 0 Å². The maximum absolute atomic E-state index is 12.3. The summed E-state index contributed by atoms with van der Waals surface area (Å²) >= 11 is 0. The Morgan fingerprint density at radius 3 is 3.00 bits per heavy atom. The Morgan fingerprint density at radius 1 is 1.82 bits per heavy atom. The number of carbonyl (C=O) groups is 1. The minimum atomic E-state index is -0.315. The summed E-state index contributed by atoms with van der Waals surface area (Å²) in [5.74, 6) is -0.908. The maximum Gasteiger partial charge on any atom is 0.312 e. The van der Waals surface area contributed by atoms with E-state index in [9.17, 15) is 9.18 Å². The molecule has 0 N–H and O–H groups in total. The molecule has 11 heavy (non-hydrogen) atoms. The van der Waals surface area contributed by atoms with E-state index in [0.29, 0.717) is 6.42 Å². The van der Waals surface area contributed by atoms with Crippen LogP contribution >= 0.6 is 0 Å². The lowest BCUT2D eigenvalue weighted by Gasteiger charge is -2.09. The van der Waals surface area contributed by atoms with Crippen molar-refractivity contribution < 1.29 is 13.9 Å². The fourth-order valence-corrected chi connectivity index (χ4v) is 0.920. The van der Waals surface area contributed by atoms with Crippen LogP contribution in [0.15, 0.2) is 24.1 Å². The van der Waals surface area contributed by atoms with E-state index >= 15 is 0 Å². The molecule has 1 atom stereocenters. The van der Waals surface area contributed by atoms with Crippen LogP contribution in [0.25, 0.3) is 0 Å². The molecule has 0 radical (unpaired) electrons. The number of allylic oxidation sites excluding steroid dienone is 3. The molecule has 0 aromatic rings. The van der Waals surface area contributed by atoms with E-state index in [4.69, 9.17) is 0 Å². The first-order valence-electron chi connectivity index (χ1n) is 3.35. The van der Waals surface area contributed by atoms with Gasteiger partial charge in [-0.25, -0.2) is 4.39 Å². The molecule has 0 saturated heterocycles. The Hall–Kier alpha value is -1.12. The summed E-state index contributed by atoms with van der Waals surface area (Å²) in [5, 5.41) is 0. The summed E-state index contributed by atoms with van der Waals surface area (Å²) in [6.07, 6.45) is 4.57. The van der Waals surface area contributed by atoms with Gasteiger partial charge in [0.2, 0.25) is 0 Å². The van der Waals surface area contributed by atoms with Crippen molar-refractivity contribution in [1.29, 1.82) is 0 Å². The monoisotopic (exact) mass is 156 g/mol. The molecule has 0 heterocycles. The van der Waals surface area contributed by atoms with E-state index in [1.54, 1.807) is 0 Å². The lowest BCUT2D eigenvalue weighted by Crippen LogP contribution is -2.14. The van der Waals surface area contributed by atoms with Crippen molar-refractivity contribution in [3.05, 3.63) is 24.1 Å². The number of ether oxygens (including phenoxy) is 1. The van der Waals surface area contributed by atoms with Crippen molar-refractivity contribution in [1.82, 2.24) is 0 Å². The topological polar surface area (TPSA) is 26.3 Å². The number of carbonyl (C=O) groups excluding carboxylic acids is 1. The van der Waals surface area contributed by atoms with Gasteiger partial charge < -0.3 is 4.74 Å². The smallest absolute Gasteiger partial charge is 0.312 e. The molecule has 0 aromatic heterocycles. The number of methoxy groups -OCH3 is 1. The van der Waals surface area contributed by atoms with Gasteiger partial charge >= 0.3 is 5.97 Å². The molecule has 0 amide bonds. The van der Waals surface area contributed by atoms with Gasteiger partial charge in [0.25, 0.3) is 0 Å². The Kier molecular flexibility index (Phi) is 2.41. The molecule has 1 unspecified atom stereocenters.